The molecule has 2 aliphatic rings. The lowest BCUT2D eigenvalue weighted by Crippen LogP contribution is -2.39. The maximum atomic E-state index is 13.8. The molecule has 0 saturated carbocycles. The first-order valence-corrected chi connectivity index (χ1v) is 11.0. The summed E-state index contributed by atoms with van der Waals surface area (Å²) in [6.45, 7) is 3.23. The van der Waals surface area contributed by atoms with Crippen molar-refractivity contribution >= 4 is 23.5 Å². The van der Waals surface area contributed by atoms with Gasteiger partial charge in [0, 0.05) is 38.3 Å². The molecule has 2 aliphatic heterocycles. The second-order valence-electron chi connectivity index (χ2n) is 7.73. The number of pyridine rings is 1. The zero-order valence-electron chi connectivity index (χ0n) is 17.7. The minimum absolute atomic E-state index is 0.156. The molecule has 0 N–H and O–H groups in total. The van der Waals surface area contributed by atoms with E-state index in [1.807, 2.05) is 4.90 Å². The van der Waals surface area contributed by atoms with Crippen LogP contribution in [0.1, 0.15) is 21.6 Å². The summed E-state index contributed by atoms with van der Waals surface area (Å²) in [5, 5.41) is 0.156. The summed E-state index contributed by atoms with van der Waals surface area (Å²) in [7, 11) is 0. The van der Waals surface area contributed by atoms with Crippen LogP contribution in [0.25, 0.3) is 0 Å². The predicted octanol–water partition coefficient (Wildman–Crippen LogP) is 3.49. The van der Waals surface area contributed by atoms with Gasteiger partial charge in [-0.25, -0.2) is 14.4 Å². The molecule has 3 aromatic rings. The van der Waals surface area contributed by atoms with Crippen molar-refractivity contribution < 1.29 is 18.7 Å². The molecule has 33 heavy (non-hydrogen) atoms. The lowest BCUT2D eigenvalue weighted by atomic mass is 10.1. The van der Waals surface area contributed by atoms with Crippen LogP contribution < -0.4 is 9.64 Å². The summed E-state index contributed by atoms with van der Waals surface area (Å²) in [5.41, 5.74) is 1.83. The number of halogens is 2. The molecule has 2 aromatic heterocycles. The molecule has 1 fully saturated rings. The minimum Gasteiger partial charge on any atom is -0.438 e. The Hall–Kier alpha value is -3.30. The number of anilines is 1. The molecule has 170 valence electrons. The molecule has 0 aliphatic carbocycles. The number of amides is 1. The average Bonchev–Trinajstić information content (AvgIpc) is 2.84. The van der Waals surface area contributed by atoms with Crippen LogP contribution in [-0.4, -0.2) is 58.6 Å². The molecule has 0 radical (unpaired) electrons. The fourth-order valence-electron chi connectivity index (χ4n) is 3.89. The molecule has 4 heterocycles. The SMILES string of the molecule is O=C(c1cccnc1Cl)N1CCc2nc(N3CCOCC3)nc(Oc3cccc(F)c3)c2C1. The first kappa shape index (κ1) is 21.5. The highest BCUT2D eigenvalue weighted by atomic mass is 35.5. The van der Waals surface area contributed by atoms with E-state index < -0.39 is 5.82 Å². The van der Waals surface area contributed by atoms with E-state index in [0.717, 1.165) is 5.69 Å². The Morgan fingerprint density at radius 2 is 1.97 bits per heavy atom. The Labute approximate surface area is 194 Å². The van der Waals surface area contributed by atoms with E-state index in [2.05, 4.69) is 9.97 Å². The molecule has 1 saturated heterocycles. The monoisotopic (exact) mass is 469 g/mol. The average molecular weight is 470 g/mol. The van der Waals surface area contributed by atoms with Crippen molar-refractivity contribution in [3.8, 4) is 11.6 Å². The van der Waals surface area contributed by atoms with Gasteiger partial charge in [0.2, 0.25) is 11.8 Å². The third kappa shape index (κ3) is 4.60. The van der Waals surface area contributed by atoms with Gasteiger partial charge in [-0.2, -0.15) is 4.98 Å². The second-order valence-corrected chi connectivity index (χ2v) is 8.09. The Kier molecular flexibility index (Phi) is 6.06. The largest absolute Gasteiger partial charge is 0.438 e. The van der Waals surface area contributed by atoms with Gasteiger partial charge in [-0.3, -0.25) is 4.79 Å². The number of fused-ring (bicyclic) bond motifs is 1. The molecule has 0 atom stereocenters. The molecule has 1 amide bonds. The quantitative estimate of drug-likeness (QED) is 0.541. The number of hydrogen-bond donors (Lipinski definition) is 0. The van der Waals surface area contributed by atoms with Crippen molar-refractivity contribution in [3.05, 3.63) is 70.4 Å². The Bertz CT molecular complexity index is 1190. The van der Waals surface area contributed by atoms with E-state index in [0.29, 0.717) is 68.0 Å². The molecule has 5 rings (SSSR count). The molecule has 8 nitrogen and oxygen atoms in total. The number of benzene rings is 1. The summed E-state index contributed by atoms with van der Waals surface area (Å²) in [6.07, 6.45) is 2.06. The van der Waals surface area contributed by atoms with Gasteiger partial charge in [0.25, 0.3) is 5.91 Å². The molecule has 0 bridgehead atoms. The topological polar surface area (TPSA) is 80.7 Å². The maximum absolute atomic E-state index is 13.8. The lowest BCUT2D eigenvalue weighted by molar-refractivity contribution is 0.0731. The summed E-state index contributed by atoms with van der Waals surface area (Å²) < 4.78 is 25.2. The molecular formula is C23H21ClFN5O3. The maximum Gasteiger partial charge on any atom is 0.257 e. The third-order valence-corrected chi connectivity index (χ3v) is 5.89. The zero-order valence-corrected chi connectivity index (χ0v) is 18.5. The van der Waals surface area contributed by atoms with Crippen molar-refractivity contribution in [2.24, 2.45) is 0 Å². The lowest BCUT2D eigenvalue weighted by Gasteiger charge is -2.32. The van der Waals surface area contributed by atoms with Crippen molar-refractivity contribution in [1.29, 1.82) is 0 Å². The van der Waals surface area contributed by atoms with Crippen LogP contribution in [0.4, 0.5) is 10.3 Å². The van der Waals surface area contributed by atoms with Gasteiger partial charge in [0.05, 0.1) is 36.6 Å². The summed E-state index contributed by atoms with van der Waals surface area (Å²) in [5.74, 6) is 0.530. The molecule has 0 unspecified atom stereocenters. The van der Waals surface area contributed by atoms with Crippen molar-refractivity contribution in [3.63, 3.8) is 0 Å². The molecule has 1 aromatic carbocycles. The summed E-state index contributed by atoms with van der Waals surface area (Å²) in [6, 6.07) is 9.20. The van der Waals surface area contributed by atoms with Crippen LogP contribution in [0.5, 0.6) is 11.6 Å². The van der Waals surface area contributed by atoms with E-state index >= 15 is 0 Å². The van der Waals surface area contributed by atoms with E-state index in [9.17, 15) is 9.18 Å². The minimum atomic E-state index is -0.410. The summed E-state index contributed by atoms with van der Waals surface area (Å²) in [4.78, 5) is 30.2. The van der Waals surface area contributed by atoms with Crippen molar-refractivity contribution in [1.82, 2.24) is 19.9 Å². The second kappa shape index (κ2) is 9.29. The van der Waals surface area contributed by atoms with Gasteiger partial charge >= 0.3 is 0 Å². The highest BCUT2D eigenvalue weighted by Crippen LogP contribution is 2.32. The fraction of sp³-hybridized carbons (Fsp3) is 0.304. The number of aromatic nitrogens is 3. The number of ether oxygens (including phenoxy) is 2. The molecular weight excluding hydrogens is 449 g/mol. The predicted molar refractivity (Wildman–Crippen MR) is 119 cm³/mol. The van der Waals surface area contributed by atoms with E-state index in [1.165, 1.54) is 18.3 Å². The molecule has 10 heteroatoms. The highest BCUT2D eigenvalue weighted by Gasteiger charge is 2.29. The van der Waals surface area contributed by atoms with E-state index in [1.54, 1.807) is 29.2 Å². The van der Waals surface area contributed by atoms with Crippen molar-refractivity contribution in [2.45, 2.75) is 13.0 Å². The van der Waals surface area contributed by atoms with Crippen LogP contribution in [0.15, 0.2) is 42.6 Å². The van der Waals surface area contributed by atoms with Gasteiger partial charge in [-0.05, 0) is 24.3 Å². The van der Waals surface area contributed by atoms with Gasteiger partial charge in [-0.1, -0.05) is 17.7 Å². The molecule has 0 spiro atoms. The van der Waals surface area contributed by atoms with Crippen LogP contribution in [0.3, 0.4) is 0 Å². The van der Waals surface area contributed by atoms with Gasteiger partial charge < -0.3 is 19.3 Å². The highest BCUT2D eigenvalue weighted by molar-refractivity contribution is 6.32. The smallest absolute Gasteiger partial charge is 0.257 e. The van der Waals surface area contributed by atoms with Crippen LogP contribution in [0, 0.1) is 5.82 Å². The third-order valence-electron chi connectivity index (χ3n) is 5.59. The number of hydrogen-bond acceptors (Lipinski definition) is 7. The number of carbonyl (C=O) groups is 1. The number of morpholine rings is 1. The fourth-order valence-corrected chi connectivity index (χ4v) is 4.09. The van der Waals surface area contributed by atoms with E-state index in [-0.39, 0.29) is 17.6 Å². The standard InChI is InChI=1S/C23H21ClFN5O3/c24-20-17(5-2-7-26-20)22(31)30-8-6-19-18(14-30)21(33-16-4-1-3-15(25)13-16)28-23(27-19)29-9-11-32-12-10-29/h1-5,7,13H,6,8-12,14H2. The van der Waals surface area contributed by atoms with Gasteiger partial charge in [0.1, 0.15) is 16.7 Å². The van der Waals surface area contributed by atoms with Crippen molar-refractivity contribution in [2.75, 3.05) is 37.7 Å². The van der Waals surface area contributed by atoms with Gasteiger partial charge in [0.15, 0.2) is 0 Å². The number of rotatable bonds is 4. The number of carbonyl (C=O) groups excluding carboxylic acids is 1. The van der Waals surface area contributed by atoms with E-state index in [4.69, 9.17) is 26.1 Å². The first-order chi connectivity index (χ1) is 16.1. The van der Waals surface area contributed by atoms with Gasteiger partial charge in [-0.15, -0.1) is 0 Å². The first-order valence-electron chi connectivity index (χ1n) is 10.6. The normalized spacial score (nSPS) is 15.8. The Morgan fingerprint density at radius 1 is 1.12 bits per heavy atom. The van der Waals surface area contributed by atoms with Crippen LogP contribution >= 0.6 is 11.6 Å². The number of nitrogens with zero attached hydrogens (tertiary/aromatic N) is 5. The Morgan fingerprint density at radius 3 is 2.76 bits per heavy atom. The summed E-state index contributed by atoms with van der Waals surface area (Å²) >= 11 is 6.14. The van der Waals surface area contributed by atoms with Crippen LogP contribution in [0.2, 0.25) is 5.15 Å². The zero-order chi connectivity index (χ0) is 22.8. The van der Waals surface area contributed by atoms with Crippen LogP contribution in [-0.2, 0) is 17.7 Å². The Balaban J connectivity index is 1.50.